The molecule has 0 aromatic carbocycles. The number of nitrogens with one attached hydrogen (secondary N) is 1. The monoisotopic (exact) mass is 226 g/mol. The topological polar surface area (TPSA) is 24.4 Å². The Bertz CT molecular complexity index is 240. The summed E-state index contributed by atoms with van der Waals surface area (Å²) in [6.45, 7) is 5.79. The first-order valence-electron chi connectivity index (χ1n) is 6.21. The van der Waals surface area contributed by atoms with Gasteiger partial charge in [-0.25, -0.2) is 0 Å². The van der Waals surface area contributed by atoms with Crippen LogP contribution in [0.2, 0.25) is 0 Å². The third-order valence-corrected chi connectivity index (χ3v) is 4.83. The molecule has 0 bridgehead atoms. The highest BCUT2D eigenvalue weighted by Crippen LogP contribution is 2.30. The van der Waals surface area contributed by atoms with Crippen molar-refractivity contribution in [3.8, 4) is 0 Å². The molecule has 0 radical (unpaired) electrons. The van der Waals surface area contributed by atoms with Gasteiger partial charge in [0.15, 0.2) is 5.17 Å². The fourth-order valence-electron chi connectivity index (χ4n) is 2.49. The molecule has 86 valence electrons. The van der Waals surface area contributed by atoms with Gasteiger partial charge in [-0.1, -0.05) is 38.5 Å². The van der Waals surface area contributed by atoms with Crippen LogP contribution in [0.3, 0.4) is 0 Å². The number of hydrogen-bond donors (Lipinski definition) is 1. The van der Waals surface area contributed by atoms with Crippen molar-refractivity contribution in [3.05, 3.63) is 0 Å². The van der Waals surface area contributed by atoms with Crippen LogP contribution in [-0.4, -0.2) is 23.5 Å². The molecule has 3 atom stereocenters. The molecule has 1 fully saturated rings. The Labute approximate surface area is 97.3 Å². The molecule has 1 aliphatic heterocycles. The van der Waals surface area contributed by atoms with Gasteiger partial charge in [0.1, 0.15) is 0 Å². The van der Waals surface area contributed by atoms with Gasteiger partial charge in [-0.15, -0.1) is 0 Å². The van der Waals surface area contributed by atoms with Gasteiger partial charge in [0.25, 0.3) is 0 Å². The summed E-state index contributed by atoms with van der Waals surface area (Å²) in [6.07, 6.45) is 5.34. The number of amidine groups is 1. The molecular weight excluding hydrogens is 204 g/mol. The second-order valence-corrected chi connectivity index (χ2v) is 5.99. The van der Waals surface area contributed by atoms with Gasteiger partial charge in [-0.2, -0.15) is 0 Å². The Balaban J connectivity index is 1.89. The molecule has 3 unspecified atom stereocenters. The summed E-state index contributed by atoms with van der Waals surface area (Å²) in [5.74, 6) is 2.90. The number of aliphatic imine (C=N–C) groups is 1. The Morgan fingerprint density at radius 2 is 2.13 bits per heavy atom. The summed E-state index contributed by atoms with van der Waals surface area (Å²) in [6, 6.07) is 0.665. The zero-order chi connectivity index (χ0) is 10.7. The minimum absolute atomic E-state index is 0.665. The van der Waals surface area contributed by atoms with E-state index in [9.17, 15) is 0 Å². The average molecular weight is 226 g/mol. The first-order chi connectivity index (χ1) is 7.27. The van der Waals surface area contributed by atoms with Crippen molar-refractivity contribution in [1.82, 2.24) is 5.32 Å². The highest BCUT2D eigenvalue weighted by atomic mass is 32.2. The van der Waals surface area contributed by atoms with Crippen LogP contribution in [0.5, 0.6) is 0 Å². The van der Waals surface area contributed by atoms with E-state index >= 15 is 0 Å². The molecule has 0 aromatic rings. The van der Waals surface area contributed by atoms with Gasteiger partial charge in [-0.05, 0) is 24.7 Å². The Morgan fingerprint density at radius 3 is 2.87 bits per heavy atom. The van der Waals surface area contributed by atoms with Crippen LogP contribution in [0.1, 0.15) is 39.5 Å². The van der Waals surface area contributed by atoms with E-state index in [4.69, 9.17) is 0 Å². The Kier molecular flexibility index (Phi) is 3.95. The lowest BCUT2D eigenvalue weighted by molar-refractivity contribution is 0.225. The van der Waals surface area contributed by atoms with Crippen LogP contribution in [-0.2, 0) is 0 Å². The average Bonchev–Trinajstić information content (AvgIpc) is 2.26. The summed E-state index contributed by atoms with van der Waals surface area (Å²) >= 11 is 1.90. The molecule has 0 spiro atoms. The summed E-state index contributed by atoms with van der Waals surface area (Å²) in [7, 11) is 0. The smallest absolute Gasteiger partial charge is 0.156 e. The highest BCUT2D eigenvalue weighted by Gasteiger charge is 2.27. The SMILES string of the molecule is CC1CCCC(NC2=NCCCS2)C1C. The number of thioether (sulfide) groups is 1. The van der Waals surface area contributed by atoms with Crippen LogP contribution in [0.4, 0.5) is 0 Å². The van der Waals surface area contributed by atoms with Crippen molar-refractivity contribution >= 4 is 16.9 Å². The maximum absolute atomic E-state index is 4.55. The molecular formula is C12H22N2S. The lowest BCUT2D eigenvalue weighted by Gasteiger charge is -2.35. The van der Waals surface area contributed by atoms with Crippen molar-refractivity contribution in [2.45, 2.75) is 45.6 Å². The first-order valence-corrected chi connectivity index (χ1v) is 7.19. The zero-order valence-electron chi connectivity index (χ0n) is 9.83. The lowest BCUT2D eigenvalue weighted by Crippen LogP contribution is -2.43. The van der Waals surface area contributed by atoms with E-state index in [2.05, 4.69) is 24.2 Å². The maximum atomic E-state index is 4.55. The molecule has 0 aromatic heterocycles. The van der Waals surface area contributed by atoms with Crippen molar-refractivity contribution in [3.63, 3.8) is 0 Å². The normalized spacial score (nSPS) is 37.2. The maximum Gasteiger partial charge on any atom is 0.156 e. The molecule has 2 nitrogen and oxygen atoms in total. The van der Waals surface area contributed by atoms with Gasteiger partial charge in [0.05, 0.1) is 0 Å². The Morgan fingerprint density at radius 1 is 1.27 bits per heavy atom. The fraction of sp³-hybridized carbons (Fsp3) is 0.917. The largest absolute Gasteiger partial charge is 0.362 e. The molecule has 1 heterocycles. The van der Waals surface area contributed by atoms with Crippen molar-refractivity contribution < 1.29 is 0 Å². The molecule has 0 amide bonds. The van der Waals surface area contributed by atoms with Crippen LogP contribution in [0.25, 0.3) is 0 Å². The molecule has 2 rings (SSSR count). The number of rotatable bonds is 1. The molecule has 15 heavy (non-hydrogen) atoms. The van der Waals surface area contributed by atoms with Crippen molar-refractivity contribution in [1.29, 1.82) is 0 Å². The summed E-state index contributed by atoms with van der Waals surface area (Å²) in [5.41, 5.74) is 0. The second kappa shape index (κ2) is 5.24. The predicted octanol–water partition coefficient (Wildman–Crippen LogP) is 2.89. The van der Waals surface area contributed by atoms with Crippen LogP contribution in [0, 0.1) is 11.8 Å². The van der Waals surface area contributed by atoms with Gasteiger partial charge < -0.3 is 5.32 Å². The quantitative estimate of drug-likeness (QED) is 0.743. The minimum Gasteiger partial charge on any atom is -0.362 e. The van der Waals surface area contributed by atoms with Crippen molar-refractivity contribution in [2.24, 2.45) is 16.8 Å². The lowest BCUT2D eigenvalue weighted by atomic mass is 9.78. The zero-order valence-corrected chi connectivity index (χ0v) is 10.6. The Hall–Kier alpha value is -0.180. The molecule has 1 saturated carbocycles. The molecule has 1 N–H and O–H groups in total. The predicted molar refractivity (Wildman–Crippen MR) is 68.5 cm³/mol. The van der Waals surface area contributed by atoms with E-state index in [-0.39, 0.29) is 0 Å². The number of nitrogens with zero attached hydrogens (tertiary/aromatic N) is 1. The summed E-state index contributed by atoms with van der Waals surface area (Å²) in [4.78, 5) is 4.55. The summed E-state index contributed by atoms with van der Waals surface area (Å²) < 4.78 is 0. The van der Waals surface area contributed by atoms with Gasteiger partial charge in [-0.3, -0.25) is 4.99 Å². The summed E-state index contributed by atoms with van der Waals surface area (Å²) in [5, 5.41) is 4.85. The number of hydrogen-bond acceptors (Lipinski definition) is 3. The third-order valence-electron chi connectivity index (χ3n) is 3.81. The van der Waals surface area contributed by atoms with E-state index in [0.717, 1.165) is 18.4 Å². The molecule has 1 aliphatic carbocycles. The van der Waals surface area contributed by atoms with E-state index in [1.807, 2.05) is 11.8 Å². The van der Waals surface area contributed by atoms with E-state index in [1.54, 1.807) is 0 Å². The van der Waals surface area contributed by atoms with E-state index < -0.39 is 0 Å². The van der Waals surface area contributed by atoms with Crippen LogP contribution in [0.15, 0.2) is 4.99 Å². The molecule has 3 heteroatoms. The minimum atomic E-state index is 0.665. The fourth-order valence-corrected chi connectivity index (χ4v) is 3.38. The molecule has 0 saturated heterocycles. The third kappa shape index (κ3) is 2.90. The molecule has 2 aliphatic rings. The standard InChI is InChI=1S/C12H22N2S/c1-9-5-3-6-11(10(9)2)14-12-13-7-4-8-15-12/h9-11H,3-8H2,1-2H3,(H,13,14). The first kappa shape index (κ1) is 11.3. The van der Waals surface area contributed by atoms with Gasteiger partial charge in [0.2, 0.25) is 0 Å². The van der Waals surface area contributed by atoms with Crippen LogP contribution < -0.4 is 5.32 Å². The van der Waals surface area contributed by atoms with Crippen molar-refractivity contribution in [2.75, 3.05) is 12.3 Å². The second-order valence-electron chi connectivity index (χ2n) is 4.91. The van der Waals surface area contributed by atoms with Gasteiger partial charge >= 0.3 is 0 Å². The van der Waals surface area contributed by atoms with E-state index in [0.29, 0.717) is 6.04 Å². The van der Waals surface area contributed by atoms with Crippen LogP contribution >= 0.6 is 11.8 Å². The van der Waals surface area contributed by atoms with Gasteiger partial charge in [0, 0.05) is 18.3 Å². The highest BCUT2D eigenvalue weighted by molar-refractivity contribution is 8.13. The van der Waals surface area contributed by atoms with E-state index in [1.165, 1.54) is 36.6 Å².